The van der Waals surface area contributed by atoms with Crippen LogP contribution in [0, 0.1) is 11.8 Å². The van der Waals surface area contributed by atoms with E-state index < -0.39 is 8.32 Å². The van der Waals surface area contributed by atoms with Crippen LogP contribution in [0.15, 0.2) is 60.7 Å². The molecular weight excluding hydrogens is 456 g/mol. The van der Waals surface area contributed by atoms with Gasteiger partial charge < -0.3 is 18.6 Å². The molecule has 35 heavy (non-hydrogen) atoms. The van der Waals surface area contributed by atoms with Crippen molar-refractivity contribution in [1.82, 2.24) is 0 Å². The first-order valence-corrected chi connectivity index (χ1v) is 15.0. The summed E-state index contributed by atoms with van der Waals surface area (Å²) in [6.45, 7) is 8.18. The number of carbonyl (C=O) groups excluding carboxylic acids is 1. The molecule has 2 aromatic rings. The third-order valence-corrected chi connectivity index (χ3v) is 13.0. The van der Waals surface area contributed by atoms with Crippen LogP contribution in [0.25, 0.3) is 0 Å². The summed E-state index contributed by atoms with van der Waals surface area (Å²) in [6.07, 6.45) is 4.04. The normalized spacial score (nSPS) is 29.1. The van der Waals surface area contributed by atoms with Crippen molar-refractivity contribution < 1.29 is 23.4 Å². The van der Waals surface area contributed by atoms with E-state index in [2.05, 4.69) is 81.4 Å². The Morgan fingerprint density at radius 3 is 2.20 bits per heavy atom. The molecule has 2 aromatic carbocycles. The summed E-state index contributed by atoms with van der Waals surface area (Å²) in [5.41, 5.74) is 0. The summed E-state index contributed by atoms with van der Waals surface area (Å²) in [6, 6.07) is 21.4. The lowest BCUT2D eigenvalue weighted by Crippen LogP contribution is -2.67. The van der Waals surface area contributed by atoms with E-state index in [1.54, 1.807) is 0 Å². The number of fused-ring (bicyclic) bond motifs is 1. The van der Waals surface area contributed by atoms with Gasteiger partial charge in [0, 0.05) is 31.5 Å². The van der Waals surface area contributed by atoms with Crippen molar-refractivity contribution in [2.75, 3.05) is 13.2 Å². The number of hydrogen-bond donors (Lipinski definition) is 0. The predicted octanol–water partition coefficient (Wildman–Crippen LogP) is 4.43. The Morgan fingerprint density at radius 1 is 0.971 bits per heavy atom. The Kier molecular flexibility index (Phi) is 7.17. The summed E-state index contributed by atoms with van der Waals surface area (Å²) in [5, 5.41) is 2.43. The van der Waals surface area contributed by atoms with Gasteiger partial charge in [0.25, 0.3) is 8.32 Å². The van der Waals surface area contributed by atoms with Crippen LogP contribution in [0.2, 0.25) is 5.04 Å². The zero-order chi connectivity index (χ0) is 24.5. The highest BCUT2D eigenvalue weighted by molar-refractivity contribution is 6.99. The molecule has 0 bridgehead atoms. The average Bonchev–Trinajstić information content (AvgIpc) is 3.36. The first kappa shape index (κ1) is 24.7. The third kappa shape index (κ3) is 4.86. The molecule has 3 fully saturated rings. The maximum absolute atomic E-state index is 12.2. The second-order valence-corrected chi connectivity index (χ2v) is 15.5. The summed E-state index contributed by atoms with van der Waals surface area (Å²) in [7, 11) is -2.67. The molecule has 5 atom stereocenters. The lowest BCUT2D eigenvalue weighted by atomic mass is 9.93. The van der Waals surface area contributed by atoms with Gasteiger partial charge in [0.2, 0.25) is 0 Å². The van der Waals surface area contributed by atoms with Gasteiger partial charge in [-0.25, -0.2) is 0 Å². The lowest BCUT2D eigenvalue weighted by Gasteiger charge is -2.44. The molecule has 2 heterocycles. The zero-order valence-electron chi connectivity index (χ0n) is 21.2. The van der Waals surface area contributed by atoms with E-state index in [9.17, 15) is 4.79 Å². The second-order valence-electron chi connectivity index (χ2n) is 11.2. The van der Waals surface area contributed by atoms with Crippen LogP contribution in [0.5, 0.6) is 0 Å². The van der Waals surface area contributed by atoms with Crippen molar-refractivity contribution in [1.29, 1.82) is 0 Å². The fraction of sp³-hybridized carbons (Fsp3) is 0.552. The molecule has 0 radical (unpaired) electrons. The van der Waals surface area contributed by atoms with Crippen molar-refractivity contribution >= 4 is 24.7 Å². The van der Waals surface area contributed by atoms with Crippen molar-refractivity contribution in [3.63, 3.8) is 0 Å². The number of ether oxygens (including phenoxy) is 3. The van der Waals surface area contributed by atoms with E-state index in [0.717, 1.165) is 32.3 Å². The highest BCUT2D eigenvalue weighted by atomic mass is 28.4. The van der Waals surface area contributed by atoms with Gasteiger partial charge in [-0.05, 0) is 34.7 Å². The van der Waals surface area contributed by atoms with Gasteiger partial charge in [0.05, 0.1) is 12.5 Å². The fourth-order valence-corrected chi connectivity index (χ4v) is 10.9. The van der Waals surface area contributed by atoms with Gasteiger partial charge in [-0.2, -0.15) is 0 Å². The summed E-state index contributed by atoms with van der Waals surface area (Å²) < 4.78 is 25.4. The molecule has 5 nitrogen and oxygen atoms in total. The van der Waals surface area contributed by atoms with Crippen LogP contribution in [-0.2, 0) is 23.4 Å². The first-order valence-electron chi connectivity index (χ1n) is 13.1. The molecule has 6 heteroatoms. The minimum absolute atomic E-state index is 0.0283. The standard InChI is InChI=1S/C29H38O5Si/c1-29(2,3)35(21-12-6-4-7-13-21,22-14-8-5-9-15-22)32-20-24-23-18-27(30)33-25(23)19-26(24)34-28-16-10-11-17-31-28/h4-9,12-15,23-26,28H,10-11,16-20H2,1-3H3/t23-,24-,25+,26+,28?/m0/s1. The number of benzene rings is 2. The maximum Gasteiger partial charge on any atom is 0.306 e. The summed E-state index contributed by atoms with van der Waals surface area (Å²) in [4.78, 5) is 12.2. The second kappa shape index (κ2) is 10.2. The molecule has 0 N–H and O–H groups in total. The molecular formula is C29H38O5Si. The van der Waals surface area contributed by atoms with E-state index in [0.29, 0.717) is 13.0 Å². The van der Waals surface area contributed by atoms with Crippen molar-refractivity contribution in [3.05, 3.63) is 60.7 Å². The monoisotopic (exact) mass is 494 g/mol. The Balaban J connectivity index is 1.47. The van der Waals surface area contributed by atoms with Crippen LogP contribution in [-0.4, -0.2) is 46.0 Å². The van der Waals surface area contributed by atoms with Gasteiger partial charge in [-0.3, -0.25) is 4.79 Å². The molecule has 0 spiro atoms. The molecule has 1 saturated carbocycles. The fourth-order valence-electron chi connectivity index (χ4n) is 6.34. The molecule has 2 saturated heterocycles. The topological polar surface area (TPSA) is 54.0 Å². The largest absolute Gasteiger partial charge is 0.462 e. The quantitative estimate of drug-likeness (QED) is 0.421. The molecule has 3 aliphatic rings. The van der Waals surface area contributed by atoms with Gasteiger partial charge in [0.15, 0.2) is 6.29 Å². The average molecular weight is 495 g/mol. The first-order chi connectivity index (χ1) is 16.9. The smallest absolute Gasteiger partial charge is 0.306 e. The Morgan fingerprint density at radius 2 is 1.63 bits per heavy atom. The minimum atomic E-state index is -2.67. The Labute approximate surface area is 210 Å². The third-order valence-electron chi connectivity index (χ3n) is 8.03. The Bertz CT molecular complexity index is 944. The van der Waals surface area contributed by atoms with E-state index in [-0.39, 0.29) is 41.3 Å². The minimum Gasteiger partial charge on any atom is -0.462 e. The summed E-state index contributed by atoms with van der Waals surface area (Å²) >= 11 is 0. The van der Waals surface area contributed by atoms with Crippen LogP contribution < -0.4 is 10.4 Å². The highest BCUT2D eigenvalue weighted by Gasteiger charge is 2.55. The van der Waals surface area contributed by atoms with E-state index in [1.165, 1.54) is 10.4 Å². The predicted molar refractivity (Wildman–Crippen MR) is 138 cm³/mol. The van der Waals surface area contributed by atoms with Crippen molar-refractivity contribution in [2.24, 2.45) is 11.8 Å². The highest BCUT2D eigenvalue weighted by Crippen LogP contribution is 2.45. The molecule has 2 aliphatic heterocycles. The molecule has 1 aliphatic carbocycles. The lowest BCUT2D eigenvalue weighted by molar-refractivity contribution is -0.198. The summed E-state index contributed by atoms with van der Waals surface area (Å²) in [5.74, 6) is 0.135. The molecule has 0 amide bonds. The van der Waals surface area contributed by atoms with Crippen LogP contribution in [0.4, 0.5) is 0 Å². The van der Waals surface area contributed by atoms with Crippen LogP contribution >= 0.6 is 0 Å². The molecule has 1 unspecified atom stereocenters. The van der Waals surface area contributed by atoms with Crippen molar-refractivity contribution in [3.8, 4) is 0 Å². The van der Waals surface area contributed by atoms with Gasteiger partial charge in [-0.1, -0.05) is 81.4 Å². The Hall–Kier alpha value is -1.99. The van der Waals surface area contributed by atoms with Crippen molar-refractivity contribution in [2.45, 2.75) is 76.4 Å². The number of hydrogen-bond acceptors (Lipinski definition) is 5. The molecule has 188 valence electrons. The van der Waals surface area contributed by atoms with Gasteiger partial charge >= 0.3 is 5.97 Å². The molecule has 0 aromatic heterocycles. The van der Waals surface area contributed by atoms with E-state index >= 15 is 0 Å². The number of rotatable bonds is 7. The number of esters is 1. The maximum atomic E-state index is 12.2. The van der Waals surface area contributed by atoms with Gasteiger partial charge in [0.1, 0.15) is 6.10 Å². The van der Waals surface area contributed by atoms with Crippen LogP contribution in [0.3, 0.4) is 0 Å². The van der Waals surface area contributed by atoms with Gasteiger partial charge in [-0.15, -0.1) is 0 Å². The van der Waals surface area contributed by atoms with E-state index in [4.69, 9.17) is 18.6 Å². The van der Waals surface area contributed by atoms with E-state index in [1.807, 2.05) is 0 Å². The zero-order valence-corrected chi connectivity index (χ0v) is 22.2. The number of carbonyl (C=O) groups is 1. The SMILES string of the molecule is CC(C)(C)[Si](OC[C@H]1[C@@H]2CC(=O)O[C@@H]2C[C@H]1OC1CCCCO1)(c1ccccc1)c1ccccc1. The molecule has 5 rings (SSSR count). The van der Waals surface area contributed by atoms with Crippen LogP contribution in [0.1, 0.15) is 52.9 Å².